The van der Waals surface area contributed by atoms with Gasteiger partial charge in [-0.25, -0.2) is 4.79 Å². The van der Waals surface area contributed by atoms with Crippen LogP contribution in [0.1, 0.15) is 37.6 Å². The van der Waals surface area contributed by atoms with E-state index in [1.54, 1.807) is 37.4 Å². The molecule has 9 heteroatoms. The smallest absolute Gasteiger partial charge is 0.351 e. The summed E-state index contributed by atoms with van der Waals surface area (Å²) in [4.78, 5) is 27.0. The molecule has 9 nitrogen and oxygen atoms in total. The summed E-state index contributed by atoms with van der Waals surface area (Å²) < 4.78 is 6.97. The third kappa shape index (κ3) is 3.73. The van der Waals surface area contributed by atoms with Crippen molar-refractivity contribution in [2.24, 2.45) is 0 Å². The summed E-state index contributed by atoms with van der Waals surface area (Å²) in [6, 6.07) is 7.66. The minimum absolute atomic E-state index is 0.00948. The van der Waals surface area contributed by atoms with Gasteiger partial charge in [0.25, 0.3) is 5.69 Å². The Labute approximate surface area is 149 Å². The van der Waals surface area contributed by atoms with Gasteiger partial charge in [-0.3, -0.25) is 14.7 Å². The standard InChI is InChI=1S/C17H20N4O5/c1-11(13-4-2-3-5-14(13)21(24)25)18-15-8-9-20(17(23)19-15)16-7-6-12(10-22)26-16/h2-5,8-9,11-12,16,22H,6-7,10H2,1H3,(H,18,19,23). The fourth-order valence-electron chi connectivity index (χ4n) is 3.06. The molecule has 0 aliphatic carbocycles. The number of aliphatic hydroxyl groups excluding tert-OH is 1. The second-order valence-electron chi connectivity index (χ2n) is 6.16. The SMILES string of the molecule is CC(Nc1ccn(C2CCC(CO)O2)c(=O)n1)c1ccccc1[N+](=O)[O-]. The van der Waals surface area contributed by atoms with E-state index in [0.717, 1.165) is 0 Å². The minimum atomic E-state index is -0.478. The van der Waals surface area contributed by atoms with Crippen LogP contribution in [0.4, 0.5) is 11.5 Å². The maximum absolute atomic E-state index is 12.3. The number of ether oxygens (including phenoxy) is 1. The van der Waals surface area contributed by atoms with E-state index >= 15 is 0 Å². The Bertz CT molecular complexity index is 853. The summed E-state index contributed by atoms with van der Waals surface area (Å²) in [6.07, 6.45) is 2.19. The summed E-state index contributed by atoms with van der Waals surface area (Å²) in [7, 11) is 0. The number of rotatable bonds is 6. The zero-order valence-corrected chi connectivity index (χ0v) is 14.2. The van der Waals surface area contributed by atoms with Gasteiger partial charge in [-0.1, -0.05) is 18.2 Å². The van der Waals surface area contributed by atoms with E-state index in [1.807, 2.05) is 0 Å². The van der Waals surface area contributed by atoms with E-state index in [-0.39, 0.29) is 18.4 Å². The summed E-state index contributed by atoms with van der Waals surface area (Å²) in [5, 5.41) is 23.3. The zero-order valence-electron chi connectivity index (χ0n) is 14.2. The molecule has 1 aromatic carbocycles. The van der Waals surface area contributed by atoms with Crippen molar-refractivity contribution in [3.63, 3.8) is 0 Å². The van der Waals surface area contributed by atoms with Crippen molar-refractivity contribution in [3.8, 4) is 0 Å². The predicted octanol–water partition coefficient (Wildman–Crippen LogP) is 1.99. The molecule has 26 heavy (non-hydrogen) atoms. The molecule has 1 aromatic heterocycles. The lowest BCUT2D eigenvalue weighted by atomic mass is 10.1. The Kier molecular flexibility index (Phi) is 5.29. The summed E-state index contributed by atoms with van der Waals surface area (Å²) in [5.74, 6) is 0.327. The van der Waals surface area contributed by atoms with E-state index < -0.39 is 22.9 Å². The maximum Gasteiger partial charge on any atom is 0.351 e. The van der Waals surface area contributed by atoms with E-state index in [9.17, 15) is 14.9 Å². The maximum atomic E-state index is 12.3. The van der Waals surface area contributed by atoms with Gasteiger partial charge in [0.2, 0.25) is 0 Å². The Hall–Kier alpha value is -2.78. The Morgan fingerprint density at radius 3 is 2.85 bits per heavy atom. The number of nitro benzene ring substituents is 1. The number of hydrogen-bond donors (Lipinski definition) is 2. The van der Waals surface area contributed by atoms with Crippen LogP contribution < -0.4 is 11.0 Å². The van der Waals surface area contributed by atoms with Crippen molar-refractivity contribution in [1.29, 1.82) is 0 Å². The van der Waals surface area contributed by atoms with Gasteiger partial charge in [-0.15, -0.1) is 0 Å². The third-order valence-electron chi connectivity index (χ3n) is 4.39. The number of para-hydroxylation sites is 1. The topological polar surface area (TPSA) is 120 Å². The van der Waals surface area contributed by atoms with E-state index in [0.29, 0.717) is 24.2 Å². The number of nitrogens with one attached hydrogen (secondary N) is 1. The van der Waals surface area contributed by atoms with Gasteiger partial charge in [0.05, 0.1) is 29.2 Å². The lowest BCUT2D eigenvalue weighted by molar-refractivity contribution is -0.385. The highest BCUT2D eigenvalue weighted by atomic mass is 16.6. The van der Waals surface area contributed by atoms with Crippen LogP contribution in [0.3, 0.4) is 0 Å². The van der Waals surface area contributed by atoms with Crippen LogP contribution in [0.25, 0.3) is 0 Å². The molecule has 1 saturated heterocycles. The summed E-state index contributed by atoms with van der Waals surface area (Å²) >= 11 is 0. The largest absolute Gasteiger partial charge is 0.394 e. The van der Waals surface area contributed by atoms with Crippen LogP contribution in [0.15, 0.2) is 41.3 Å². The molecule has 1 aliphatic rings. The molecule has 1 aliphatic heterocycles. The highest BCUT2D eigenvalue weighted by Crippen LogP contribution is 2.28. The molecular weight excluding hydrogens is 340 g/mol. The van der Waals surface area contributed by atoms with Crippen molar-refractivity contribution in [2.45, 2.75) is 38.1 Å². The predicted molar refractivity (Wildman–Crippen MR) is 93.9 cm³/mol. The first-order chi connectivity index (χ1) is 12.5. The highest BCUT2D eigenvalue weighted by molar-refractivity contribution is 5.46. The number of hydrogen-bond acceptors (Lipinski definition) is 7. The fraction of sp³-hybridized carbons (Fsp3) is 0.412. The lowest BCUT2D eigenvalue weighted by Gasteiger charge is -2.17. The molecule has 3 atom stereocenters. The fourth-order valence-corrected chi connectivity index (χ4v) is 3.06. The van der Waals surface area contributed by atoms with Crippen molar-refractivity contribution in [3.05, 3.63) is 62.7 Å². The lowest BCUT2D eigenvalue weighted by Crippen LogP contribution is -2.28. The molecule has 3 unspecified atom stereocenters. The van der Waals surface area contributed by atoms with Gasteiger partial charge >= 0.3 is 5.69 Å². The average molecular weight is 360 g/mol. The normalized spacial score (nSPS) is 20.7. The molecule has 138 valence electrons. The van der Waals surface area contributed by atoms with Crippen molar-refractivity contribution >= 4 is 11.5 Å². The van der Waals surface area contributed by atoms with Gasteiger partial charge in [0.1, 0.15) is 12.0 Å². The van der Waals surface area contributed by atoms with Crippen LogP contribution in [-0.4, -0.2) is 32.3 Å². The number of aromatic nitrogens is 2. The molecule has 0 bridgehead atoms. The van der Waals surface area contributed by atoms with Gasteiger partial charge in [-0.05, 0) is 25.8 Å². The van der Waals surface area contributed by atoms with E-state index in [1.165, 1.54) is 10.6 Å². The molecule has 0 saturated carbocycles. The third-order valence-corrected chi connectivity index (χ3v) is 4.39. The van der Waals surface area contributed by atoms with Gasteiger partial charge in [-0.2, -0.15) is 4.98 Å². The number of nitro groups is 1. The van der Waals surface area contributed by atoms with Crippen molar-refractivity contribution in [2.75, 3.05) is 11.9 Å². The van der Waals surface area contributed by atoms with Gasteiger partial charge < -0.3 is 15.2 Å². The first kappa shape index (κ1) is 18.0. The average Bonchev–Trinajstić information content (AvgIpc) is 3.10. The number of nitrogens with zero attached hydrogens (tertiary/aromatic N) is 3. The van der Waals surface area contributed by atoms with Crippen molar-refractivity contribution in [1.82, 2.24) is 9.55 Å². The van der Waals surface area contributed by atoms with Crippen LogP contribution >= 0.6 is 0 Å². The summed E-state index contributed by atoms with van der Waals surface area (Å²) in [5.41, 5.74) is 0.0389. The molecule has 3 rings (SSSR count). The first-order valence-corrected chi connectivity index (χ1v) is 8.35. The molecule has 2 N–H and O–H groups in total. The Balaban J connectivity index is 1.76. The van der Waals surface area contributed by atoms with Crippen LogP contribution in [0.2, 0.25) is 0 Å². The molecule has 2 aromatic rings. The first-order valence-electron chi connectivity index (χ1n) is 8.35. The second-order valence-corrected chi connectivity index (χ2v) is 6.16. The highest BCUT2D eigenvalue weighted by Gasteiger charge is 2.27. The molecule has 2 heterocycles. The van der Waals surface area contributed by atoms with Gasteiger partial charge in [0.15, 0.2) is 0 Å². The Morgan fingerprint density at radius 1 is 1.42 bits per heavy atom. The monoisotopic (exact) mass is 360 g/mol. The quantitative estimate of drug-likeness (QED) is 0.597. The molecule has 0 radical (unpaired) electrons. The second kappa shape index (κ2) is 7.63. The van der Waals surface area contributed by atoms with Crippen molar-refractivity contribution < 1.29 is 14.8 Å². The molecule has 0 amide bonds. The van der Waals surface area contributed by atoms with E-state index in [2.05, 4.69) is 10.3 Å². The molecule has 0 spiro atoms. The van der Waals surface area contributed by atoms with Gasteiger partial charge in [0, 0.05) is 12.3 Å². The molecular formula is C17H20N4O5. The Morgan fingerprint density at radius 2 is 2.19 bits per heavy atom. The van der Waals surface area contributed by atoms with Crippen LogP contribution in [0, 0.1) is 10.1 Å². The number of benzene rings is 1. The molecule has 1 fully saturated rings. The zero-order chi connectivity index (χ0) is 18.7. The summed E-state index contributed by atoms with van der Waals surface area (Å²) in [6.45, 7) is 1.69. The van der Waals surface area contributed by atoms with E-state index in [4.69, 9.17) is 9.84 Å². The van der Waals surface area contributed by atoms with Crippen LogP contribution in [0.5, 0.6) is 0 Å². The number of aliphatic hydroxyl groups is 1. The van der Waals surface area contributed by atoms with Crippen LogP contribution in [-0.2, 0) is 4.74 Å². The minimum Gasteiger partial charge on any atom is -0.394 e. The number of anilines is 1.